The van der Waals surface area contributed by atoms with E-state index in [1.165, 1.54) is 12.1 Å². The Labute approximate surface area is 141 Å². The van der Waals surface area contributed by atoms with Crippen molar-refractivity contribution in [3.63, 3.8) is 0 Å². The van der Waals surface area contributed by atoms with Crippen LogP contribution in [-0.2, 0) is 4.79 Å². The Balaban J connectivity index is 1.68. The minimum atomic E-state index is -0.433. The first-order valence-electron chi connectivity index (χ1n) is 7.86. The number of nitrogens with one attached hydrogen (secondary N) is 2. The number of rotatable bonds is 8. The van der Waals surface area contributed by atoms with Crippen LogP contribution in [0.3, 0.4) is 0 Å². The van der Waals surface area contributed by atoms with E-state index in [9.17, 15) is 14.9 Å². The lowest BCUT2D eigenvalue weighted by molar-refractivity contribution is -0.384. The number of nitro benzene ring substituents is 1. The smallest absolute Gasteiger partial charge is 0.269 e. The first-order chi connectivity index (χ1) is 11.6. The van der Waals surface area contributed by atoms with Crippen molar-refractivity contribution in [2.75, 3.05) is 18.4 Å². The first-order valence-corrected chi connectivity index (χ1v) is 7.86. The Morgan fingerprint density at radius 2 is 1.75 bits per heavy atom. The molecule has 0 radical (unpaired) electrons. The summed E-state index contributed by atoms with van der Waals surface area (Å²) in [5, 5.41) is 16.6. The Kier molecular flexibility index (Phi) is 6.31. The van der Waals surface area contributed by atoms with Crippen LogP contribution in [0.25, 0.3) is 0 Å². The molecule has 1 atom stereocenters. The van der Waals surface area contributed by atoms with Crippen LogP contribution >= 0.6 is 0 Å². The van der Waals surface area contributed by atoms with E-state index < -0.39 is 4.92 Å². The molecule has 0 aliphatic heterocycles. The van der Waals surface area contributed by atoms with Crippen molar-refractivity contribution >= 4 is 17.3 Å². The highest BCUT2D eigenvalue weighted by Crippen LogP contribution is 2.18. The highest BCUT2D eigenvalue weighted by Gasteiger charge is 2.10. The van der Waals surface area contributed by atoms with Gasteiger partial charge in [0.05, 0.1) is 4.92 Å². The van der Waals surface area contributed by atoms with Crippen molar-refractivity contribution in [3.05, 3.63) is 70.3 Å². The highest BCUT2D eigenvalue weighted by atomic mass is 16.6. The van der Waals surface area contributed by atoms with Crippen molar-refractivity contribution in [2.45, 2.75) is 19.3 Å². The van der Waals surface area contributed by atoms with Crippen LogP contribution in [0.5, 0.6) is 0 Å². The lowest BCUT2D eigenvalue weighted by Gasteiger charge is -2.12. The van der Waals surface area contributed by atoms with Crippen LogP contribution in [-0.4, -0.2) is 23.9 Å². The largest absolute Gasteiger partial charge is 0.383 e. The average molecular weight is 327 g/mol. The fourth-order valence-electron chi connectivity index (χ4n) is 2.36. The average Bonchev–Trinajstić information content (AvgIpc) is 2.60. The molecule has 1 amide bonds. The van der Waals surface area contributed by atoms with Crippen LogP contribution in [0.2, 0.25) is 0 Å². The number of benzene rings is 2. The molecule has 0 saturated carbocycles. The van der Waals surface area contributed by atoms with Crippen LogP contribution in [0.1, 0.15) is 24.8 Å². The van der Waals surface area contributed by atoms with Gasteiger partial charge in [0.25, 0.3) is 5.69 Å². The normalized spacial score (nSPS) is 11.5. The molecular weight excluding hydrogens is 306 g/mol. The van der Waals surface area contributed by atoms with Crippen molar-refractivity contribution < 1.29 is 9.72 Å². The number of carbonyl (C=O) groups is 1. The van der Waals surface area contributed by atoms with E-state index in [2.05, 4.69) is 10.6 Å². The van der Waals surface area contributed by atoms with Crippen LogP contribution in [0.15, 0.2) is 54.6 Å². The summed E-state index contributed by atoms with van der Waals surface area (Å²) in [6, 6.07) is 16.1. The molecule has 2 N–H and O–H groups in total. The maximum Gasteiger partial charge on any atom is 0.269 e. The number of nitro groups is 1. The fraction of sp³-hybridized carbons (Fsp3) is 0.278. The maximum atomic E-state index is 11.9. The van der Waals surface area contributed by atoms with Crippen molar-refractivity contribution in [1.29, 1.82) is 0 Å². The summed E-state index contributed by atoms with van der Waals surface area (Å²) >= 11 is 0. The second kappa shape index (κ2) is 8.67. The van der Waals surface area contributed by atoms with E-state index in [-0.39, 0.29) is 17.5 Å². The first kappa shape index (κ1) is 17.5. The Morgan fingerprint density at radius 1 is 1.08 bits per heavy atom. The lowest BCUT2D eigenvalue weighted by atomic mass is 9.98. The van der Waals surface area contributed by atoms with Gasteiger partial charge in [0.1, 0.15) is 0 Å². The zero-order valence-electron chi connectivity index (χ0n) is 13.6. The lowest BCUT2D eigenvalue weighted by Crippen LogP contribution is -2.29. The molecule has 0 spiro atoms. The molecule has 0 fully saturated rings. The van der Waals surface area contributed by atoms with Gasteiger partial charge in [0, 0.05) is 37.3 Å². The van der Waals surface area contributed by atoms with Gasteiger partial charge in [-0.1, -0.05) is 37.3 Å². The van der Waals surface area contributed by atoms with Crippen LogP contribution in [0.4, 0.5) is 11.4 Å². The number of non-ortho nitro benzene ring substituents is 1. The van der Waals surface area contributed by atoms with Gasteiger partial charge in [-0.25, -0.2) is 0 Å². The summed E-state index contributed by atoms with van der Waals surface area (Å²) in [5.74, 6) is 0.186. The van der Waals surface area contributed by atoms with Crippen molar-refractivity contribution in [1.82, 2.24) is 5.32 Å². The molecule has 2 aromatic rings. The van der Waals surface area contributed by atoms with Gasteiger partial charge in [0.2, 0.25) is 5.91 Å². The molecular formula is C18H21N3O3. The van der Waals surface area contributed by atoms with E-state index in [4.69, 9.17) is 0 Å². The molecule has 0 heterocycles. The summed E-state index contributed by atoms with van der Waals surface area (Å²) in [7, 11) is 0. The quantitative estimate of drug-likeness (QED) is 0.442. The molecule has 0 saturated heterocycles. The summed E-state index contributed by atoms with van der Waals surface area (Å²) in [5.41, 5.74) is 1.99. The third-order valence-electron chi connectivity index (χ3n) is 3.71. The van der Waals surface area contributed by atoms with Gasteiger partial charge in [-0.3, -0.25) is 14.9 Å². The van der Waals surface area contributed by atoms with E-state index in [1.807, 2.05) is 37.3 Å². The van der Waals surface area contributed by atoms with Gasteiger partial charge < -0.3 is 10.6 Å². The highest BCUT2D eigenvalue weighted by molar-refractivity contribution is 5.76. The Bertz CT molecular complexity index is 672. The third kappa shape index (κ3) is 5.39. The van der Waals surface area contributed by atoms with Crippen molar-refractivity contribution in [2.24, 2.45) is 0 Å². The summed E-state index contributed by atoms with van der Waals surface area (Å²) in [6.07, 6.45) is 0.446. The molecule has 2 rings (SSSR count). The predicted octanol–water partition coefficient (Wildman–Crippen LogP) is 3.32. The molecule has 2 aromatic carbocycles. The molecule has 0 aromatic heterocycles. The molecule has 6 nitrogen and oxygen atoms in total. The molecule has 6 heteroatoms. The molecule has 0 bridgehead atoms. The predicted molar refractivity (Wildman–Crippen MR) is 94.1 cm³/mol. The van der Waals surface area contributed by atoms with Crippen LogP contribution < -0.4 is 10.6 Å². The summed E-state index contributed by atoms with van der Waals surface area (Å²) < 4.78 is 0. The monoisotopic (exact) mass is 327 g/mol. The van der Waals surface area contributed by atoms with Gasteiger partial charge in [-0.05, 0) is 23.6 Å². The maximum absolute atomic E-state index is 11.9. The van der Waals surface area contributed by atoms with E-state index in [0.717, 1.165) is 11.3 Å². The van der Waals surface area contributed by atoms with E-state index in [0.29, 0.717) is 19.5 Å². The second-order valence-electron chi connectivity index (χ2n) is 5.60. The zero-order valence-corrected chi connectivity index (χ0v) is 13.6. The SMILES string of the molecule is C[C@H](CC(=O)NCCNc1ccc([N+](=O)[O-])cc1)c1ccccc1. The fourth-order valence-corrected chi connectivity index (χ4v) is 2.36. The Morgan fingerprint density at radius 3 is 2.38 bits per heavy atom. The van der Waals surface area contributed by atoms with Crippen molar-refractivity contribution in [3.8, 4) is 0 Å². The number of hydrogen-bond acceptors (Lipinski definition) is 4. The third-order valence-corrected chi connectivity index (χ3v) is 3.71. The number of nitrogens with zero attached hydrogens (tertiary/aromatic N) is 1. The van der Waals surface area contributed by atoms with Crippen LogP contribution in [0, 0.1) is 10.1 Å². The molecule has 0 unspecified atom stereocenters. The Hall–Kier alpha value is -2.89. The standard InChI is InChI=1S/C18H21N3O3/c1-14(15-5-3-2-4-6-15)13-18(22)20-12-11-19-16-7-9-17(10-8-16)21(23)24/h2-10,14,19H,11-13H2,1H3,(H,20,22)/t14-/m1/s1. The minimum Gasteiger partial charge on any atom is -0.383 e. The summed E-state index contributed by atoms with van der Waals surface area (Å²) in [6.45, 7) is 3.09. The molecule has 126 valence electrons. The van der Waals surface area contributed by atoms with Gasteiger partial charge in [-0.2, -0.15) is 0 Å². The molecule has 0 aliphatic rings. The topological polar surface area (TPSA) is 84.3 Å². The van der Waals surface area contributed by atoms with E-state index >= 15 is 0 Å². The number of hydrogen-bond donors (Lipinski definition) is 2. The van der Waals surface area contributed by atoms with Gasteiger partial charge >= 0.3 is 0 Å². The minimum absolute atomic E-state index is 0.0110. The zero-order chi connectivity index (χ0) is 17.4. The second-order valence-corrected chi connectivity index (χ2v) is 5.60. The van der Waals surface area contributed by atoms with Gasteiger partial charge in [-0.15, -0.1) is 0 Å². The van der Waals surface area contributed by atoms with Gasteiger partial charge in [0.15, 0.2) is 0 Å². The number of anilines is 1. The number of amides is 1. The molecule has 24 heavy (non-hydrogen) atoms. The van der Waals surface area contributed by atoms with E-state index in [1.54, 1.807) is 12.1 Å². The molecule has 0 aliphatic carbocycles. The summed E-state index contributed by atoms with van der Waals surface area (Å²) in [4.78, 5) is 22.1. The number of carbonyl (C=O) groups excluding carboxylic acids is 1.